The Labute approximate surface area is 161 Å². The maximum atomic E-state index is 12.8. The van der Waals surface area contributed by atoms with Gasteiger partial charge >= 0.3 is 0 Å². The van der Waals surface area contributed by atoms with Gasteiger partial charge in [0.25, 0.3) is 0 Å². The van der Waals surface area contributed by atoms with E-state index in [0.717, 1.165) is 5.69 Å². The first-order valence-electron chi connectivity index (χ1n) is 9.56. The first-order chi connectivity index (χ1) is 12.8. The molecule has 0 aliphatic carbocycles. The second-order valence-corrected chi connectivity index (χ2v) is 8.29. The molecule has 0 saturated carbocycles. The minimum absolute atomic E-state index is 0.0325. The van der Waals surface area contributed by atoms with Crippen LogP contribution in [0.4, 0.5) is 0 Å². The van der Waals surface area contributed by atoms with Gasteiger partial charge in [-0.15, -0.1) is 0 Å². The summed E-state index contributed by atoms with van der Waals surface area (Å²) in [6.07, 6.45) is 2.31. The summed E-state index contributed by atoms with van der Waals surface area (Å²) < 4.78 is 6.09. The van der Waals surface area contributed by atoms with Crippen LogP contribution in [0.15, 0.2) is 24.4 Å². The van der Waals surface area contributed by atoms with Crippen molar-refractivity contribution in [1.29, 1.82) is 0 Å². The average Bonchev–Trinajstić information content (AvgIpc) is 2.59. The Morgan fingerprint density at radius 3 is 2.67 bits per heavy atom. The lowest BCUT2D eigenvalue weighted by atomic mass is 9.89. The van der Waals surface area contributed by atoms with Crippen molar-refractivity contribution in [2.45, 2.75) is 38.5 Å². The van der Waals surface area contributed by atoms with Crippen molar-refractivity contribution in [3.63, 3.8) is 0 Å². The standard InChI is InChI=1S/C20H30N4O3/c1-15(2)9-18(25)24-13-20(14-24)12-23(4)17(11-27-20)19(26)22(3)10-16-7-5-6-8-21-16/h5-8,15,17H,9-14H2,1-4H3/t17-/m0/s1. The number of carbonyl (C=O) groups excluding carboxylic acids is 2. The smallest absolute Gasteiger partial charge is 0.242 e. The molecule has 7 nitrogen and oxygen atoms in total. The van der Waals surface area contributed by atoms with E-state index in [1.807, 2.05) is 30.1 Å². The summed E-state index contributed by atoms with van der Waals surface area (Å²) in [7, 11) is 3.75. The Bertz CT molecular complexity index is 673. The van der Waals surface area contributed by atoms with Gasteiger partial charge in [-0.3, -0.25) is 19.5 Å². The van der Waals surface area contributed by atoms with Crippen molar-refractivity contribution < 1.29 is 14.3 Å². The minimum atomic E-state index is -0.322. The van der Waals surface area contributed by atoms with Crippen molar-refractivity contribution in [2.75, 3.05) is 40.3 Å². The molecule has 3 rings (SSSR count). The molecule has 2 fully saturated rings. The fourth-order valence-corrected chi connectivity index (χ4v) is 3.82. The van der Waals surface area contributed by atoms with Gasteiger partial charge in [-0.05, 0) is 25.1 Å². The van der Waals surface area contributed by atoms with Crippen LogP contribution in [0, 0.1) is 5.92 Å². The number of hydrogen-bond acceptors (Lipinski definition) is 5. The topological polar surface area (TPSA) is 66.0 Å². The van der Waals surface area contributed by atoms with Crippen LogP contribution in [0.2, 0.25) is 0 Å². The molecular weight excluding hydrogens is 344 g/mol. The maximum Gasteiger partial charge on any atom is 0.242 e. The zero-order valence-corrected chi connectivity index (χ0v) is 16.7. The van der Waals surface area contributed by atoms with Gasteiger partial charge in [0.2, 0.25) is 11.8 Å². The Morgan fingerprint density at radius 2 is 2.07 bits per heavy atom. The Hall–Kier alpha value is -1.99. The summed E-state index contributed by atoms with van der Waals surface area (Å²) in [5.41, 5.74) is 0.542. The zero-order chi connectivity index (χ0) is 19.6. The van der Waals surface area contributed by atoms with E-state index in [9.17, 15) is 9.59 Å². The number of pyridine rings is 1. The number of morpholine rings is 1. The first kappa shape index (κ1) is 19.8. The van der Waals surface area contributed by atoms with E-state index in [4.69, 9.17) is 4.74 Å². The van der Waals surface area contributed by atoms with E-state index >= 15 is 0 Å². The molecule has 1 spiro atoms. The molecule has 27 heavy (non-hydrogen) atoms. The largest absolute Gasteiger partial charge is 0.368 e. The molecule has 7 heteroatoms. The molecule has 0 radical (unpaired) electrons. The number of aromatic nitrogens is 1. The molecule has 0 aromatic carbocycles. The number of rotatable bonds is 5. The van der Waals surface area contributed by atoms with Crippen LogP contribution in [0.25, 0.3) is 0 Å². The normalized spacial score (nSPS) is 22.0. The highest BCUT2D eigenvalue weighted by Gasteiger charge is 2.51. The number of nitrogens with zero attached hydrogens (tertiary/aromatic N) is 4. The van der Waals surface area contributed by atoms with Crippen LogP contribution >= 0.6 is 0 Å². The summed E-state index contributed by atoms with van der Waals surface area (Å²) >= 11 is 0. The Morgan fingerprint density at radius 1 is 1.33 bits per heavy atom. The second-order valence-electron chi connectivity index (χ2n) is 8.29. The highest BCUT2D eigenvalue weighted by molar-refractivity contribution is 5.82. The first-order valence-corrected chi connectivity index (χ1v) is 9.56. The van der Waals surface area contributed by atoms with Crippen molar-refractivity contribution >= 4 is 11.8 Å². The zero-order valence-electron chi connectivity index (χ0n) is 16.7. The van der Waals surface area contributed by atoms with Gasteiger partial charge < -0.3 is 14.5 Å². The summed E-state index contributed by atoms with van der Waals surface area (Å²) in [5.74, 6) is 0.584. The summed E-state index contributed by atoms with van der Waals surface area (Å²) in [6, 6.07) is 5.39. The van der Waals surface area contributed by atoms with E-state index in [0.29, 0.717) is 45.1 Å². The van der Waals surface area contributed by atoms with Gasteiger partial charge in [0.15, 0.2) is 0 Å². The molecule has 2 aliphatic heterocycles. The van der Waals surface area contributed by atoms with E-state index in [1.54, 1.807) is 18.1 Å². The number of ether oxygens (including phenoxy) is 1. The predicted octanol–water partition coefficient (Wildman–Crippen LogP) is 0.998. The fourth-order valence-electron chi connectivity index (χ4n) is 3.82. The lowest BCUT2D eigenvalue weighted by molar-refractivity contribution is -0.203. The van der Waals surface area contributed by atoms with Crippen molar-refractivity contribution in [1.82, 2.24) is 19.7 Å². The molecule has 0 unspecified atom stereocenters. The van der Waals surface area contributed by atoms with E-state index in [2.05, 4.69) is 23.7 Å². The molecule has 3 heterocycles. The second kappa shape index (κ2) is 7.94. The van der Waals surface area contributed by atoms with Crippen molar-refractivity contribution in [3.8, 4) is 0 Å². The highest BCUT2D eigenvalue weighted by atomic mass is 16.5. The lowest BCUT2D eigenvalue weighted by Gasteiger charge is -2.55. The van der Waals surface area contributed by atoms with Crippen molar-refractivity contribution in [3.05, 3.63) is 30.1 Å². The average molecular weight is 374 g/mol. The Kier molecular flexibility index (Phi) is 5.81. The molecule has 0 bridgehead atoms. The third-order valence-electron chi connectivity index (χ3n) is 5.30. The molecule has 1 aromatic rings. The van der Waals surface area contributed by atoms with Crippen molar-refractivity contribution in [2.24, 2.45) is 5.92 Å². The maximum absolute atomic E-state index is 12.8. The monoisotopic (exact) mass is 374 g/mol. The molecule has 148 valence electrons. The summed E-state index contributed by atoms with van der Waals surface area (Å²) in [6.45, 7) is 6.83. The van der Waals surface area contributed by atoms with E-state index < -0.39 is 0 Å². The van der Waals surface area contributed by atoms with Crippen LogP contribution in [-0.2, 0) is 20.9 Å². The molecular formula is C20H30N4O3. The number of likely N-dealkylation sites (tertiary alicyclic amines) is 1. The minimum Gasteiger partial charge on any atom is -0.368 e. The van der Waals surface area contributed by atoms with Gasteiger partial charge in [-0.25, -0.2) is 0 Å². The summed E-state index contributed by atoms with van der Waals surface area (Å²) in [5, 5.41) is 0. The highest BCUT2D eigenvalue weighted by Crippen LogP contribution is 2.31. The predicted molar refractivity (Wildman–Crippen MR) is 102 cm³/mol. The van der Waals surface area contributed by atoms with Crippen LogP contribution < -0.4 is 0 Å². The van der Waals surface area contributed by atoms with Crippen LogP contribution in [-0.4, -0.2) is 83.5 Å². The van der Waals surface area contributed by atoms with Gasteiger partial charge in [-0.2, -0.15) is 0 Å². The quantitative estimate of drug-likeness (QED) is 0.769. The lowest BCUT2D eigenvalue weighted by Crippen LogP contribution is -2.73. The van der Waals surface area contributed by atoms with E-state index in [1.165, 1.54) is 0 Å². The van der Waals surface area contributed by atoms with Gasteiger partial charge in [0.1, 0.15) is 11.6 Å². The molecule has 1 atom stereocenters. The SMILES string of the molecule is CC(C)CC(=O)N1CC2(C1)CN(C)[C@H](C(=O)N(C)Cc1ccccn1)CO2. The van der Waals surface area contributed by atoms with Crippen LogP contribution in [0.3, 0.4) is 0 Å². The van der Waals surface area contributed by atoms with Gasteiger partial charge in [-0.1, -0.05) is 19.9 Å². The molecule has 2 saturated heterocycles. The fraction of sp³-hybridized carbons (Fsp3) is 0.650. The molecule has 1 aromatic heterocycles. The number of amides is 2. The number of likely N-dealkylation sites (N-methyl/N-ethyl adjacent to an activating group) is 2. The molecule has 0 N–H and O–H groups in total. The summed E-state index contributed by atoms with van der Waals surface area (Å²) in [4.78, 5) is 34.9. The van der Waals surface area contributed by atoms with E-state index in [-0.39, 0.29) is 23.5 Å². The van der Waals surface area contributed by atoms with Crippen LogP contribution in [0.1, 0.15) is 26.0 Å². The molecule has 2 aliphatic rings. The number of carbonyl (C=O) groups is 2. The molecule has 2 amide bonds. The van der Waals surface area contributed by atoms with Gasteiger partial charge in [0.05, 0.1) is 31.9 Å². The van der Waals surface area contributed by atoms with Crippen LogP contribution in [0.5, 0.6) is 0 Å². The third kappa shape index (κ3) is 4.47. The van der Waals surface area contributed by atoms with Gasteiger partial charge in [0, 0.05) is 26.2 Å². The number of hydrogen-bond donors (Lipinski definition) is 0. The third-order valence-corrected chi connectivity index (χ3v) is 5.30. The Balaban J connectivity index is 1.52.